The van der Waals surface area contributed by atoms with Crippen molar-refractivity contribution < 1.29 is 0 Å². The maximum atomic E-state index is 4.87. The lowest BCUT2D eigenvalue weighted by molar-refractivity contribution is 0.230. The summed E-state index contributed by atoms with van der Waals surface area (Å²) in [6.45, 7) is 11.1. The third-order valence-corrected chi connectivity index (χ3v) is 4.78. The molecule has 2 fully saturated rings. The van der Waals surface area contributed by atoms with E-state index in [1.54, 1.807) is 0 Å². The van der Waals surface area contributed by atoms with E-state index in [2.05, 4.69) is 40.9 Å². The summed E-state index contributed by atoms with van der Waals surface area (Å²) in [5.41, 5.74) is 1.17. The maximum Gasteiger partial charge on any atom is 0.137 e. The van der Waals surface area contributed by atoms with Gasteiger partial charge < -0.3 is 10.2 Å². The number of hydrogen-bond acceptors (Lipinski definition) is 5. The average Bonchev–Trinajstić information content (AvgIpc) is 2.94. The van der Waals surface area contributed by atoms with Crippen LogP contribution in [0.1, 0.15) is 44.0 Å². The minimum Gasteiger partial charge on any atom is -0.373 e. The normalized spacial score (nSPS) is 22.7. The van der Waals surface area contributed by atoms with E-state index in [9.17, 15) is 0 Å². The van der Waals surface area contributed by atoms with Gasteiger partial charge in [0, 0.05) is 44.2 Å². The summed E-state index contributed by atoms with van der Waals surface area (Å²) in [4.78, 5) is 14.6. The molecule has 3 heterocycles. The molecule has 0 saturated carbocycles. The Kier molecular flexibility index (Phi) is 4.02. The van der Waals surface area contributed by atoms with Gasteiger partial charge in [0.2, 0.25) is 0 Å². The van der Waals surface area contributed by atoms with Crippen LogP contribution in [0.4, 0.5) is 11.6 Å². The van der Waals surface area contributed by atoms with Gasteiger partial charge in [0.1, 0.15) is 17.5 Å². The Morgan fingerprint density at radius 3 is 2.71 bits per heavy atom. The summed E-state index contributed by atoms with van der Waals surface area (Å²) in [6.07, 6.45) is 2.68. The predicted molar refractivity (Wildman–Crippen MR) is 87.2 cm³/mol. The van der Waals surface area contributed by atoms with E-state index in [0.717, 1.165) is 30.5 Å². The first-order valence-electron chi connectivity index (χ1n) is 8.15. The first-order valence-corrected chi connectivity index (χ1v) is 8.15. The largest absolute Gasteiger partial charge is 0.373 e. The first-order chi connectivity index (χ1) is 10.1. The van der Waals surface area contributed by atoms with Gasteiger partial charge in [-0.3, -0.25) is 4.90 Å². The predicted octanol–water partition coefficient (Wildman–Crippen LogP) is 2.23. The molecule has 0 aromatic carbocycles. The second-order valence-electron chi connectivity index (χ2n) is 6.56. The molecule has 1 N–H and O–H groups in total. The lowest BCUT2D eigenvalue weighted by atomic mass is 10.1. The Morgan fingerprint density at radius 1 is 1.19 bits per heavy atom. The molecule has 116 valence electrons. The number of fused-ring (bicyclic) bond motifs is 1. The van der Waals surface area contributed by atoms with Crippen LogP contribution in [0.3, 0.4) is 0 Å². The minimum absolute atomic E-state index is 0.351. The number of piperazine rings is 1. The molecule has 5 nitrogen and oxygen atoms in total. The molecule has 5 heteroatoms. The van der Waals surface area contributed by atoms with Gasteiger partial charge in [0.25, 0.3) is 0 Å². The van der Waals surface area contributed by atoms with Gasteiger partial charge in [-0.25, -0.2) is 9.97 Å². The van der Waals surface area contributed by atoms with Crippen LogP contribution >= 0.6 is 0 Å². The molecule has 0 amide bonds. The van der Waals surface area contributed by atoms with Crippen LogP contribution in [0, 0.1) is 6.92 Å². The van der Waals surface area contributed by atoms with Gasteiger partial charge in [0.15, 0.2) is 0 Å². The highest BCUT2D eigenvalue weighted by Crippen LogP contribution is 2.29. The molecule has 2 saturated heterocycles. The van der Waals surface area contributed by atoms with E-state index in [1.165, 1.54) is 31.5 Å². The highest BCUT2D eigenvalue weighted by molar-refractivity contribution is 5.59. The van der Waals surface area contributed by atoms with Crippen molar-refractivity contribution in [1.82, 2.24) is 14.9 Å². The quantitative estimate of drug-likeness (QED) is 0.924. The fourth-order valence-electron chi connectivity index (χ4n) is 3.51. The van der Waals surface area contributed by atoms with Crippen molar-refractivity contribution in [3.63, 3.8) is 0 Å². The van der Waals surface area contributed by atoms with Crippen molar-refractivity contribution in [1.29, 1.82) is 0 Å². The molecule has 1 aromatic heterocycles. The monoisotopic (exact) mass is 289 g/mol. The van der Waals surface area contributed by atoms with Gasteiger partial charge in [0.05, 0.1) is 0 Å². The number of nitrogens with zero attached hydrogens (tertiary/aromatic N) is 4. The summed E-state index contributed by atoms with van der Waals surface area (Å²) < 4.78 is 0. The Bertz CT molecular complexity index is 514. The first kappa shape index (κ1) is 14.6. The van der Waals surface area contributed by atoms with Crippen molar-refractivity contribution in [2.75, 3.05) is 43.4 Å². The molecule has 2 aliphatic rings. The van der Waals surface area contributed by atoms with Crippen molar-refractivity contribution >= 4 is 11.6 Å². The van der Waals surface area contributed by atoms with Crippen molar-refractivity contribution in [2.45, 2.75) is 45.6 Å². The third-order valence-electron chi connectivity index (χ3n) is 4.78. The summed E-state index contributed by atoms with van der Waals surface area (Å²) >= 11 is 0. The standard InChI is InChI=1S/C16H27N5/c1-11(2)14-18-15(17-4)12(3)16(19-14)21-9-8-20-7-5-6-13(20)10-21/h11,13H,5-10H2,1-4H3,(H,17,18,19). The molecule has 21 heavy (non-hydrogen) atoms. The Balaban J connectivity index is 1.91. The average molecular weight is 289 g/mol. The molecule has 0 radical (unpaired) electrons. The zero-order valence-electron chi connectivity index (χ0n) is 13.7. The molecule has 3 rings (SSSR count). The number of nitrogens with one attached hydrogen (secondary N) is 1. The van der Waals surface area contributed by atoms with E-state index in [4.69, 9.17) is 4.98 Å². The Hall–Kier alpha value is -1.36. The van der Waals surface area contributed by atoms with Gasteiger partial charge in [-0.05, 0) is 26.3 Å². The number of rotatable bonds is 3. The smallest absolute Gasteiger partial charge is 0.137 e. The SMILES string of the molecule is CNc1nc(C(C)C)nc(N2CCN3CCCC3C2)c1C. The zero-order chi connectivity index (χ0) is 15.0. The minimum atomic E-state index is 0.351. The van der Waals surface area contributed by atoms with E-state index in [0.29, 0.717) is 12.0 Å². The van der Waals surface area contributed by atoms with Crippen LogP contribution in [0.2, 0.25) is 0 Å². The second kappa shape index (κ2) is 5.79. The van der Waals surface area contributed by atoms with E-state index in [1.807, 2.05) is 7.05 Å². The summed E-state index contributed by atoms with van der Waals surface area (Å²) in [6, 6.07) is 0.716. The molecule has 1 atom stereocenters. The Morgan fingerprint density at radius 2 is 2.00 bits per heavy atom. The van der Waals surface area contributed by atoms with Gasteiger partial charge in [-0.2, -0.15) is 0 Å². The van der Waals surface area contributed by atoms with E-state index >= 15 is 0 Å². The van der Waals surface area contributed by atoms with Crippen LogP contribution in [0.5, 0.6) is 0 Å². The molecule has 2 aliphatic heterocycles. The van der Waals surface area contributed by atoms with Crippen LogP contribution < -0.4 is 10.2 Å². The molecule has 1 aromatic rings. The van der Waals surface area contributed by atoms with Crippen molar-refractivity contribution in [2.24, 2.45) is 0 Å². The highest BCUT2D eigenvalue weighted by Gasteiger charge is 2.32. The number of hydrogen-bond donors (Lipinski definition) is 1. The van der Waals surface area contributed by atoms with E-state index < -0.39 is 0 Å². The van der Waals surface area contributed by atoms with Gasteiger partial charge in [-0.15, -0.1) is 0 Å². The number of anilines is 2. The maximum absolute atomic E-state index is 4.87. The molecular formula is C16H27N5. The fourth-order valence-corrected chi connectivity index (χ4v) is 3.51. The topological polar surface area (TPSA) is 44.3 Å². The van der Waals surface area contributed by atoms with Crippen molar-refractivity contribution in [3.05, 3.63) is 11.4 Å². The summed E-state index contributed by atoms with van der Waals surface area (Å²) in [7, 11) is 1.94. The lowest BCUT2D eigenvalue weighted by Gasteiger charge is -2.39. The van der Waals surface area contributed by atoms with Crippen LogP contribution in [0.15, 0.2) is 0 Å². The van der Waals surface area contributed by atoms with Crippen molar-refractivity contribution in [3.8, 4) is 0 Å². The summed E-state index contributed by atoms with van der Waals surface area (Å²) in [5.74, 6) is 3.39. The second-order valence-corrected chi connectivity index (χ2v) is 6.56. The summed E-state index contributed by atoms with van der Waals surface area (Å²) in [5, 5.41) is 3.23. The molecule has 0 spiro atoms. The van der Waals surface area contributed by atoms with Crippen LogP contribution in [-0.4, -0.2) is 54.1 Å². The molecule has 0 aliphatic carbocycles. The van der Waals surface area contributed by atoms with Gasteiger partial charge >= 0.3 is 0 Å². The zero-order valence-corrected chi connectivity index (χ0v) is 13.7. The third kappa shape index (κ3) is 2.71. The van der Waals surface area contributed by atoms with Crippen LogP contribution in [-0.2, 0) is 0 Å². The lowest BCUT2D eigenvalue weighted by Crippen LogP contribution is -2.50. The van der Waals surface area contributed by atoms with E-state index in [-0.39, 0.29) is 0 Å². The molecule has 0 bridgehead atoms. The molecular weight excluding hydrogens is 262 g/mol. The molecule has 1 unspecified atom stereocenters. The number of aromatic nitrogens is 2. The fraction of sp³-hybridized carbons (Fsp3) is 0.750. The Labute approximate surface area is 127 Å². The van der Waals surface area contributed by atoms with Crippen LogP contribution in [0.25, 0.3) is 0 Å². The highest BCUT2D eigenvalue weighted by atomic mass is 15.3. The van der Waals surface area contributed by atoms with Gasteiger partial charge in [-0.1, -0.05) is 13.8 Å².